The van der Waals surface area contributed by atoms with E-state index in [0.29, 0.717) is 12.5 Å². The van der Waals surface area contributed by atoms with E-state index in [2.05, 4.69) is 53.0 Å². The van der Waals surface area contributed by atoms with E-state index < -0.39 is 0 Å². The molecule has 0 spiro atoms. The topological polar surface area (TPSA) is 32.8 Å². The predicted molar refractivity (Wildman–Crippen MR) is 158 cm³/mol. The summed E-state index contributed by atoms with van der Waals surface area (Å²) in [7, 11) is 2.20. The van der Waals surface area contributed by atoms with E-state index in [4.69, 9.17) is 4.74 Å². The highest BCUT2D eigenvalue weighted by Gasteiger charge is 2.22. The van der Waals surface area contributed by atoms with Crippen molar-refractivity contribution in [2.24, 2.45) is 0 Å². The van der Waals surface area contributed by atoms with Gasteiger partial charge in [-0.25, -0.2) is 0 Å². The Labute approximate surface area is 234 Å². The Morgan fingerprint density at radius 3 is 2.44 bits per heavy atom. The number of benzene rings is 3. The minimum atomic E-state index is 0.188. The van der Waals surface area contributed by atoms with Crippen molar-refractivity contribution >= 4 is 5.78 Å². The Morgan fingerprint density at radius 1 is 0.872 bits per heavy atom. The quantitative estimate of drug-likeness (QED) is 0.236. The second-order valence-electron chi connectivity index (χ2n) is 11.0. The van der Waals surface area contributed by atoms with Crippen molar-refractivity contribution in [2.45, 2.75) is 63.6 Å². The molecule has 4 heteroatoms. The Morgan fingerprint density at radius 2 is 1.64 bits per heavy atom. The summed E-state index contributed by atoms with van der Waals surface area (Å²) in [6.45, 7) is 4.11. The number of nitrogens with zero attached hydrogens (tertiary/aromatic N) is 2. The third kappa shape index (κ3) is 8.05. The lowest BCUT2D eigenvalue weighted by molar-refractivity contribution is 0.0949. The number of ketones is 1. The summed E-state index contributed by atoms with van der Waals surface area (Å²) >= 11 is 0. The van der Waals surface area contributed by atoms with Crippen LogP contribution in [0, 0.1) is 11.8 Å². The Hall–Kier alpha value is -3.39. The lowest BCUT2D eigenvalue weighted by atomic mass is 10.0. The first-order valence-electron chi connectivity index (χ1n) is 14.5. The number of rotatable bonds is 9. The van der Waals surface area contributed by atoms with Crippen LogP contribution in [0.5, 0.6) is 5.75 Å². The van der Waals surface area contributed by atoms with Gasteiger partial charge in [-0.3, -0.25) is 9.69 Å². The summed E-state index contributed by atoms with van der Waals surface area (Å²) in [5.41, 5.74) is 4.15. The fraction of sp³-hybridized carbons (Fsp3) is 0.400. The number of ether oxygens (including phenoxy) is 1. The van der Waals surface area contributed by atoms with E-state index in [0.717, 1.165) is 67.8 Å². The van der Waals surface area contributed by atoms with Crippen LogP contribution < -0.4 is 4.74 Å². The summed E-state index contributed by atoms with van der Waals surface area (Å²) in [4.78, 5) is 17.7. The smallest absolute Gasteiger partial charge is 0.163 e. The zero-order valence-corrected chi connectivity index (χ0v) is 23.1. The van der Waals surface area contributed by atoms with Gasteiger partial charge in [0.15, 0.2) is 5.78 Å². The van der Waals surface area contributed by atoms with Crippen molar-refractivity contribution in [1.82, 2.24) is 9.80 Å². The molecule has 0 saturated carbocycles. The van der Waals surface area contributed by atoms with Gasteiger partial charge < -0.3 is 9.64 Å². The van der Waals surface area contributed by atoms with E-state index in [1.165, 1.54) is 24.9 Å². The van der Waals surface area contributed by atoms with Crippen LogP contribution in [-0.2, 0) is 6.54 Å². The van der Waals surface area contributed by atoms with Gasteiger partial charge in [0.1, 0.15) is 11.9 Å². The highest BCUT2D eigenvalue weighted by Crippen LogP contribution is 2.24. The van der Waals surface area contributed by atoms with E-state index in [9.17, 15) is 4.79 Å². The van der Waals surface area contributed by atoms with Gasteiger partial charge in [-0.1, -0.05) is 54.3 Å². The largest absolute Gasteiger partial charge is 0.490 e. The molecule has 1 unspecified atom stereocenters. The molecule has 3 aromatic rings. The average Bonchev–Trinajstić information content (AvgIpc) is 3.38. The fourth-order valence-corrected chi connectivity index (χ4v) is 5.78. The number of piperidine rings is 1. The average molecular weight is 521 g/mol. The lowest BCUT2D eigenvalue weighted by Gasteiger charge is -2.32. The van der Waals surface area contributed by atoms with Gasteiger partial charge in [0, 0.05) is 48.8 Å². The summed E-state index contributed by atoms with van der Waals surface area (Å²) in [6.07, 6.45) is 7.40. The molecule has 0 aromatic heterocycles. The highest BCUT2D eigenvalue weighted by molar-refractivity contribution is 5.96. The summed E-state index contributed by atoms with van der Waals surface area (Å²) in [5, 5.41) is 0. The SMILES string of the molecule is CN1CCCC1CCCC(=O)c1cccc(OC2CCN(Cc3cccc(C#Cc4ccccc4)c3)CC2)c1. The van der Waals surface area contributed by atoms with Crippen LogP contribution in [0.1, 0.15) is 72.0 Å². The molecule has 0 aliphatic carbocycles. The van der Waals surface area contributed by atoms with Crippen LogP contribution in [0.3, 0.4) is 0 Å². The molecule has 0 radical (unpaired) electrons. The van der Waals surface area contributed by atoms with Crippen molar-refractivity contribution in [3.05, 3.63) is 101 Å². The van der Waals surface area contributed by atoms with Crippen LogP contribution in [0.2, 0.25) is 0 Å². The number of likely N-dealkylation sites (tertiary alicyclic amines) is 2. The van der Waals surface area contributed by atoms with Gasteiger partial charge in [-0.05, 0) is 94.1 Å². The van der Waals surface area contributed by atoms with E-state index in [1.54, 1.807) is 0 Å². The molecule has 2 fully saturated rings. The van der Waals surface area contributed by atoms with Crippen molar-refractivity contribution in [3.8, 4) is 17.6 Å². The molecule has 4 nitrogen and oxygen atoms in total. The van der Waals surface area contributed by atoms with Crippen molar-refractivity contribution in [3.63, 3.8) is 0 Å². The van der Waals surface area contributed by atoms with Crippen LogP contribution in [0.25, 0.3) is 0 Å². The van der Waals surface area contributed by atoms with E-state index in [1.807, 2.05) is 54.6 Å². The normalized spacial score (nSPS) is 18.4. The standard InChI is InChI=1S/C35H40N2O2/c1-36-22-8-15-32(36)14-7-17-35(38)31-13-6-16-34(26-31)39-33-20-23-37(24-21-33)27-30-12-5-11-29(25-30)19-18-28-9-3-2-4-10-28/h2-6,9-13,16,25-26,32-33H,7-8,14-15,17,20-24,27H2,1H3. The summed E-state index contributed by atoms with van der Waals surface area (Å²) < 4.78 is 6.33. The second-order valence-corrected chi connectivity index (χ2v) is 11.0. The fourth-order valence-electron chi connectivity index (χ4n) is 5.78. The molecule has 3 aromatic carbocycles. The first kappa shape index (κ1) is 27.2. The summed E-state index contributed by atoms with van der Waals surface area (Å²) in [5.74, 6) is 7.60. The second kappa shape index (κ2) is 13.6. The van der Waals surface area contributed by atoms with Crippen molar-refractivity contribution in [2.75, 3.05) is 26.7 Å². The minimum absolute atomic E-state index is 0.188. The Kier molecular flexibility index (Phi) is 9.48. The third-order valence-electron chi connectivity index (χ3n) is 8.06. The molecule has 2 aliphatic heterocycles. The van der Waals surface area contributed by atoms with Crippen LogP contribution >= 0.6 is 0 Å². The molecular formula is C35H40N2O2. The predicted octanol–water partition coefficient (Wildman–Crippen LogP) is 6.58. The molecule has 2 aliphatic rings. The monoisotopic (exact) mass is 520 g/mol. The van der Waals surface area contributed by atoms with E-state index in [-0.39, 0.29) is 11.9 Å². The molecule has 2 saturated heterocycles. The number of hydrogen-bond donors (Lipinski definition) is 0. The zero-order valence-electron chi connectivity index (χ0n) is 23.1. The molecule has 0 amide bonds. The Balaban J connectivity index is 1.07. The van der Waals surface area contributed by atoms with Gasteiger partial charge in [0.2, 0.25) is 0 Å². The first-order valence-corrected chi connectivity index (χ1v) is 14.5. The molecule has 1 atom stereocenters. The zero-order chi connectivity index (χ0) is 26.9. The molecule has 5 rings (SSSR count). The Bertz CT molecular complexity index is 1280. The van der Waals surface area contributed by atoms with Gasteiger partial charge in [-0.2, -0.15) is 0 Å². The summed E-state index contributed by atoms with van der Waals surface area (Å²) in [6, 6.07) is 27.1. The van der Waals surface area contributed by atoms with Gasteiger partial charge >= 0.3 is 0 Å². The van der Waals surface area contributed by atoms with Crippen molar-refractivity contribution in [1.29, 1.82) is 0 Å². The van der Waals surface area contributed by atoms with Crippen LogP contribution in [0.4, 0.5) is 0 Å². The molecular weight excluding hydrogens is 480 g/mol. The molecule has 202 valence electrons. The van der Waals surface area contributed by atoms with Crippen LogP contribution in [-0.4, -0.2) is 54.4 Å². The number of hydrogen-bond acceptors (Lipinski definition) is 4. The first-order chi connectivity index (χ1) is 19.1. The van der Waals surface area contributed by atoms with Gasteiger partial charge in [0.05, 0.1) is 0 Å². The third-order valence-corrected chi connectivity index (χ3v) is 8.06. The number of carbonyl (C=O) groups is 1. The van der Waals surface area contributed by atoms with Crippen LogP contribution in [0.15, 0.2) is 78.9 Å². The number of Topliss-reactive ketones (excluding diaryl/α,β-unsaturated/α-hetero) is 1. The highest BCUT2D eigenvalue weighted by atomic mass is 16.5. The molecule has 0 bridgehead atoms. The number of carbonyl (C=O) groups excluding carboxylic acids is 1. The maximum absolute atomic E-state index is 12.8. The molecule has 0 N–H and O–H groups in total. The lowest BCUT2D eigenvalue weighted by Crippen LogP contribution is -2.37. The maximum Gasteiger partial charge on any atom is 0.163 e. The maximum atomic E-state index is 12.8. The molecule has 2 heterocycles. The van der Waals surface area contributed by atoms with Gasteiger partial charge in [-0.15, -0.1) is 0 Å². The minimum Gasteiger partial charge on any atom is -0.490 e. The van der Waals surface area contributed by atoms with E-state index >= 15 is 0 Å². The molecule has 39 heavy (non-hydrogen) atoms. The van der Waals surface area contributed by atoms with Gasteiger partial charge in [0.25, 0.3) is 0 Å². The van der Waals surface area contributed by atoms with Crippen molar-refractivity contribution < 1.29 is 9.53 Å².